The van der Waals surface area contributed by atoms with Crippen LogP contribution in [0.15, 0.2) is 30.3 Å². The number of rotatable bonds is 4. The van der Waals surface area contributed by atoms with E-state index in [1.165, 1.54) is 5.56 Å². The molecule has 0 spiro atoms. The summed E-state index contributed by atoms with van der Waals surface area (Å²) in [6.45, 7) is 0.651. The first-order chi connectivity index (χ1) is 8.30. The molecule has 0 saturated heterocycles. The molecule has 0 aromatic heterocycles. The van der Waals surface area contributed by atoms with Gasteiger partial charge in [0.25, 0.3) is 0 Å². The molecule has 2 N–H and O–H groups in total. The maximum atomic E-state index is 5.58. The second kappa shape index (κ2) is 5.06. The van der Waals surface area contributed by atoms with Crippen molar-refractivity contribution >= 4 is 10.8 Å². The summed E-state index contributed by atoms with van der Waals surface area (Å²) >= 11 is 0. The molecule has 0 bridgehead atoms. The summed E-state index contributed by atoms with van der Waals surface area (Å²) in [5.41, 5.74) is 6.79. The van der Waals surface area contributed by atoms with Crippen LogP contribution < -0.4 is 15.2 Å². The molecule has 2 aromatic rings. The van der Waals surface area contributed by atoms with E-state index in [4.69, 9.17) is 15.2 Å². The zero-order chi connectivity index (χ0) is 12.3. The van der Waals surface area contributed by atoms with Crippen LogP contribution in [0.1, 0.15) is 5.56 Å². The molecule has 0 aliphatic rings. The molecule has 0 fully saturated rings. The Bertz CT molecular complexity index is 523. The summed E-state index contributed by atoms with van der Waals surface area (Å²) in [7, 11) is 3.31. The van der Waals surface area contributed by atoms with Gasteiger partial charge in [0.15, 0.2) is 11.5 Å². The molecule has 90 valence electrons. The Kier molecular flexibility index (Phi) is 3.49. The average molecular weight is 231 g/mol. The molecule has 0 saturated carbocycles. The second-order valence-electron chi connectivity index (χ2n) is 3.90. The molecule has 0 unspecified atom stereocenters. The Morgan fingerprint density at radius 1 is 1.06 bits per heavy atom. The Morgan fingerprint density at radius 2 is 1.82 bits per heavy atom. The largest absolute Gasteiger partial charge is 0.493 e. The molecular weight excluding hydrogens is 214 g/mol. The van der Waals surface area contributed by atoms with Crippen molar-refractivity contribution in [3.05, 3.63) is 35.9 Å². The van der Waals surface area contributed by atoms with Crippen molar-refractivity contribution in [3.63, 3.8) is 0 Å². The first kappa shape index (κ1) is 11.7. The summed E-state index contributed by atoms with van der Waals surface area (Å²) in [6, 6.07) is 10.2. The summed E-state index contributed by atoms with van der Waals surface area (Å²) < 4.78 is 10.7. The molecule has 17 heavy (non-hydrogen) atoms. The standard InChI is InChI=1S/C14H17NO2/c1-16-13-6-5-11-4-3-10(7-8-15)9-12(11)14(13)17-2/h3-6,9H,7-8,15H2,1-2H3. The SMILES string of the molecule is COc1ccc2ccc(CCN)cc2c1OC. The van der Waals surface area contributed by atoms with Crippen molar-refractivity contribution in [2.75, 3.05) is 20.8 Å². The monoisotopic (exact) mass is 231 g/mol. The van der Waals surface area contributed by atoms with E-state index < -0.39 is 0 Å². The predicted molar refractivity (Wildman–Crippen MR) is 69.8 cm³/mol. The predicted octanol–water partition coefficient (Wildman–Crippen LogP) is 2.36. The summed E-state index contributed by atoms with van der Waals surface area (Å²) in [5, 5.41) is 2.21. The van der Waals surface area contributed by atoms with E-state index in [0.717, 1.165) is 28.7 Å². The first-order valence-corrected chi connectivity index (χ1v) is 5.64. The van der Waals surface area contributed by atoms with Crippen molar-refractivity contribution in [2.24, 2.45) is 5.73 Å². The highest BCUT2D eigenvalue weighted by atomic mass is 16.5. The van der Waals surface area contributed by atoms with E-state index in [-0.39, 0.29) is 0 Å². The summed E-state index contributed by atoms with van der Waals surface area (Å²) in [6.07, 6.45) is 0.871. The first-order valence-electron chi connectivity index (χ1n) is 5.64. The maximum absolute atomic E-state index is 5.58. The third-order valence-electron chi connectivity index (χ3n) is 2.86. The van der Waals surface area contributed by atoms with Gasteiger partial charge in [0.2, 0.25) is 0 Å². The zero-order valence-corrected chi connectivity index (χ0v) is 10.2. The highest BCUT2D eigenvalue weighted by Crippen LogP contribution is 2.35. The van der Waals surface area contributed by atoms with Gasteiger partial charge in [-0.15, -0.1) is 0 Å². The quantitative estimate of drug-likeness (QED) is 0.878. The fourth-order valence-corrected chi connectivity index (χ4v) is 2.01. The summed E-state index contributed by atoms with van der Waals surface area (Å²) in [5.74, 6) is 1.54. The van der Waals surface area contributed by atoms with E-state index in [2.05, 4.69) is 18.2 Å². The van der Waals surface area contributed by atoms with Gasteiger partial charge in [0, 0.05) is 5.39 Å². The number of methoxy groups -OCH3 is 2. The van der Waals surface area contributed by atoms with Gasteiger partial charge in [-0.2, -0.15) is 0 Å². The van der Waals surface area contributed by atoms with Gasteiger partial charge in [-0.05, 0) is 36.0 Å². The lowest BCUT2D eigenvalue weighted by Crippen LogP contribution is -2.02. The van der Waals surface area contributed by atoms with Crippen LogP contribution in [0.3, 0.4) is 0 Å². The van der Waals surface area contributed by atoms with Crippen molar-refractivity contribution in [1.29, 1.82) is 0 Å². The van der Waals surface area contributed by atoms with Crippen LogP contribution in [0.25, 0.3) is 10.8 Å². The average Bonchev–Trinajstić information content (AvgIpc) is 2.37. The minimum absolute atomic E-state index is 0.651. The topological polar surface area (TPSA) is 44.5 Å². The van der Waals surface area contributed by atoms with Crippen LogP contribution in [0.4, 0.5) is 0 Å². The van der Waals surface area contributed by atoms with Gasteiger partial charge in [-0.3, -0.25) is 0 Å². The molecular formula is C14H17NO2. The number of hydrogen-bond donors (Lipinski definition) is 1. The van der Waals surface area contributed by atoms with E-state index in [1.807, 2.05) is 12.1 Å². The fourth-order valence-electron chi connectivity index (χ4n) is 2.01. The number of hydrogen-bond acceptors (Lipinski definition) is 3. The van der Waals surface area contributed by atoms with Crippen molar-refractivity contribution in [3.8, 4) is 11.5 Å². The van der Waals surface area contributed by atoms with Gasteiger partial charge in [0.1, 0.15) is 0 Å². The van der Waals surface area contributed by atoms with E-state index in [0.29, 0.717) is 6.54 Å². The van der Waals surface area contributed by atoms with Crippen LogP contribution in [0, 0.1) is 0 Å². The van der Waals surface area contributed by atoms with Gasteiger partial charge >= 0.3 is 0 Å². The summed E-state index contributed by atoms with van der Waals surface area (Å²) in [4.78, 5) is 0. The van der Waals surface area contributed by atoms with Crippen LogP contribution in [0.5, 0.6) is 11.5 Å². The minimum Gasteiger partial charge on any atom is -0.493 e. The van der Waals surface area contributed by atoms with Gasteiger partial charge < -0.3 is 15.2 Å². The maximum Gasteiger partial charge on any atom is 0.168 e. The highest BCUT2D eigenvalue weighted by Gasteiger charge is 2.08. The Hall–Kier alpha value is -1.74. The lowest BCUT2D eigenvalue weighted by molar-refractivity contribution is 0.358. The van der Waals surface area contributed by atoms with Crippen LogP contribution in [-0.4, -0.2) is 20.8 Å². The molecule has 0 aliphatic heterocycles. The Morgan fingerprint density at radius 3 is 2.47 bits per heavy atom. The lowest BCUT2D eigenvalue weighted by Gasteiger charge is -2.11. The second-order valence-corrected chi connectivity index (χ2v) is 3.90. The van der Waals surface area contributed by atoms with E-state index >= 15 is 0 Å². The van der Waals surface area contributed by atoms with Crippen molar-refractivity contribution in [2.45, 2.75) is 6.42 Å². The van der Waals surface area contributed by atoms with E-state index in [9.17, 15) is 0 Å². The Labute approximate surface area is 101 Å². The molecule has 0 heterocycles. The van der Waals surface area contributed by atoms with Crippen molar-refractivity contribution < 1.29 is 9.47 Å². The van der Waals surface area contributed by atoms with Crippen LogP contribution in [-0.2, 0) is 6.42 Å². The Balaban J connectivity index is 2.62. The number of fused-ring (bicyclic) bond motifs is 1. The molecule has 3 heteroatoms. The highest BCUT2D eigenvalue weighted by molar-refractivity contribution is 5.91. The zero-order valence-electron chi connectivity index (χ0n) is 10.2. The molecule has 3 nitrogen and oxygen atoms in total. The van der Waals surface area contributed by atoms with E-state index in [1.54, 1.807) is 14.2 Å². The molecule has 0 atom stereocenters. The number of nitrogens with two attached hydrogens (primary N) is 1. The molecule has 0 amide bonds. The molecule has 0 aliphatic carbocycles. The third-order valence-corrected chi connectivity index (χ3v) is 2.86. The van der Waals surface area contributed by atoms with Crippen LogP contribution in [0.2, 0.25) is 0 Å². The number of benzene rings is 2. The lowest BCUT2D eigenvalue weighted by atomic mass is 10.0. The molecule has 0 radical (unpaired) electrons. The molecule has 2 rings (SSSR count). The van der Waals surface area contributed by atoms with Crippen LogP contribution >= 0.6 is 0 Å². The molecule has 2 aromatic carbocycles. The normalized spacial score (nSPS) is 10.5. The smallest absolute Gasteiger partial charge is 0.168 e. The number of ether oxygens (including phenoxy) is 2. The van der Waals surface area contributed by atoms with Gasteiger partial charge in [-0.25, -0.2) is 0 Å². The van der Waals surface area contributed by atoms with Crippen molar-refractivity contribution in [1.82, 2.24) is 0 Å². The third kappa shape index (κ3) is 2.19. The fraction of sp³-hybridized carbons (Fsp3) is 0.286. The minimum atomic E-state index is 0.651. The van der Waals surface area contributed by atoms with Gasteiger partial charge in [-0.1, -0.05) is 18.2 Å². The van der Waals surface area contributed by atoms with Gasteiger partial charge in [0.05, 0.1) is 14.2 Å².